The van der Waals surface area contributed by atoms with Gasteiger partial charge in [0.15, 0.2) is 0 Å². The van der Waals surface area contributed by atoms with Crippen LogP contribution in [0.1, 0.15) is 0 Å². The van der Waals surface area contributed by atoms with Crippen molar-refractivity contribution in [3.8, 4) is 0 Å². The van der Waals surface area contributed by atoms with E-state index in [0.29, 0.717) is 5.70 Å². The minimum absolute atomic E-state index is 0.435. The molecule has 0 unspecified atom stereocenters. The highest BCUT2D eigenvalue weighted by molar-refractivity contribution is 5.77. The second-order valence-corrected chi connectivity index (χ2v) is 1.13. The third-order valence-corrected chi connectivity index (χ3v) is 0.521. The summed E-state index contributed by atoms with van der Waals surface area (Å²) in [4.78, 5) is 3.61. The highest BCUT2D eigenvalue weighted by Gasteiger charge is 1.73. The van der Waals surface area contributed by atoms with Crippen LogP contribution in [0.5, 0.6) is 0 Å². The van der Waals surface area contributed by atoms with E-state index in [4.69, 9.17) is 11.5 Å². The maximum Gasteiger partial charge on any atom is 0.0657 e. The standard InChI is InChI=1S/C5H9N3/c1-2-8-4-5(7)3-6/h2-4H,1,6-7H2/b5-3+,8-4?. The van der Waals surface area contributed by atoms with Gasteiger partial charge >= 0.3 is 0 Å². The van der Waals surface area contributed by atoms with Crippen LogP contribution >= 0.6 is 0 Å². The predicted molar refractivity (Wildman–Crippen MR) is 35.1 cm³/mol. The van der Waals surface area contributed by atoms with Crippen LogP contribution in [0.2, 0.25) is 0 Å². The predicted octanol–water partition coefficient (Wildman–Crippen LogP) is -0.0405. The van der Waals surface area contributed by atoms with Crippen molar-refractivity contribution in [2.75, 3.05) is 0 Å². The molecule has 0 saturated carbocycles. The first-order valence-corrected chi connectivity index (χ1v) is 2.12. The molecule has 0 aromatic carbocycles. The lowest BCUT2D eigenvalue weighted by molar-refractivity contribution is 1.41. The summed E-state index contributed by atoms with van der Waals surface area (Å²) >= 11 is 0. The van der Waals surface area contributed by atoms with E-state index in [1.54, 1.807) is 0 Å². The number of nitrogens with two attached hydrogens (primary N) is 2. The summed E-state index contributed by atoms with van der Waals surface area (Å²) in [5.41, 5.74) is 10.6. The summed E-state index contributed by atoms with van der Waals surface area (Å²) in [6, 6.07) is 0. The summed E-state index contributed by atoms with van der Waals surface area (Å²) < 4.78 is 0. The minimum Gasteiger partial charge on any atom is -0.403 e. The van der Waals surface area contributed by atoms with Gasteiger partial charge in [-0.1, -0.05) is 6.58 Å². The number of hydrogen-bond donors (Lipinski definition) is 2. The topological polar surface area (TPSA) is 64.4 Å². The van der Waals surface area contributed by atoms with Crippen molar-refractivity contribution in [1.29, 1.82) is 0 Å². The third kappa shape index (κ3) is 2.96. The van der Waals surface area contributed by atoms with Crippen LogP contribution < -0.4 is 11.5 Å². The van der Waals surface area contributed by atoms with Crippen LogP contribution in [0, 0.1) is 0 Å². The molecular weight excluding hydrogens is 102 g/mol. The second-order valence-electron chi connectivity index (χ2n) is 1.13. The molecule has 0 fully saturated rings. The van der Waals surface area contributed by atoms with Crippen LogP contribution in [0.25, 0.3) is 0 Å². The second kappa shape index (κ2) is 3.92. The maximum atomic E-state index is 5.20. The molecule has 0 radical (unpaired) electrons. The van der Waals surface area contributed by atoms with E-state index in [1.807, 2.05) is 0 Å². The molecule has 4 N–H and O–H groups in total. The van der Waals surface area contributed by atoms with E-state index in [0.717, 1.165) is 0 Å². The molecule has 0 aromatic rings. The lowest BCUT2D eigenvalue weighted by Crippen LogP contribution is -2.00. The Hall–Kier alpha value is -1.25. The van der Waals surface area contributed by atoms with Gasteiger partial charge in [0.25, 0.3) is 0 Å². The number of rotatable bonds is 2. The van der Waals surface area contributed by atoms with Crippen LogP contribution in [0.4, 0.5) is 0 Å². The molecule has 0 aliphatic rings. The third-order valence-electron chi connectivity index (χ3n) is 0.521. The Morgan fingerprint density at radius 3 is 2.62 bits per heavy atom. The molecule has 3 nitrogen and oxygen atoms in total. The van der Waals surface area contributed by atoms with Gasteiger partial charge in [-0.05, 0) is 0 Å². The van der Waals surface area contributed by atoms with Crippen LogP contribution in [-0.4, -0.2) is 6.21 Å². The van der Waals surface area contributed by atoms with Gasteiger partial charge in [-0.15, -0.1) is 0 Å². The molecule has 44 valence electrons. The molecule has 0 rings (SSSR count). The summed E-state index contributed by atoms with van der Waals surface area (Å²) in [5.74, 6) is 0. The fourth-order valence-corrected chi connectivity index (χ4v) is 0.182. The van der Waals surface area contributed by atoms with E-state index in [2.05, 4.69) is 11.6 Å². The summed E-state index contributed by atoms with van der Waals surface area (Å²) in [7, 11) is 0. The summed E-state index contributed by atoms with van der Waals surface area (Å²) in [6.07, 6.45) is 4.08. The van der Waals surface area contributed by atoms with Gasteiger partial charge in [-0.25, -0.2) is 0 Å². The van der Waals surface area contributed by atoms with Crippen molar-refractivity contribution in [2.45, 2.75) is 0 Å². The maximum absolute atomic E-state index is 5.20. The lowest BCUT2D eigenvalue weighted by Gasteiger charge is -1.82. The molecule has 0 saturated heterocycles. The molecule has 0 aliphatic carbocycles. The molecule has 0 atom stereocenters. The molecule has 0 heterocycles. The lowest BCUT2D eigenvalue weighted by atomic mass is 10.5. The van der Waals surface area contributed by atoms with E-state index < -0.39 is 0 Å². The largest absolute Gasteiger partial charge is 0.403 e. The minimum atomic E-state index is 0.435. The van der Waals surface area contributed by atoms with Gasteiger partial charge in [-0.3, -0.25) is 4.99 Å². The van der Waals surface area contributed by atoms with E-state index in [-0.39, 0.29) is 0 Å². The molecule has 0 aromatic heterocycles. The number of hydrogen-bond acceptors (Lipinski definition) is 3. The van der Waals surface area contributed by atoms with Crippen molar-refractivity contribution in [3.05, 3.63) is 24.7 Å². The monoisotopic (exact) mass is 111 g/mol. The van der Waals surface area contributed by atoms with Crippen molar-refractivity contribution in [1.82, 2.24) is 0 Å². The number of aliphatic imine (C=N–C) groups is 1. The molecule has 0 spiro atoms. The van der Waals surface area contributed by atoms with Gasteiger partial charge in [-0.2, -0.15) is 0 Å². The summed E-state index contributed by atoms with van der Waals surface area (Å²) in [5, 5.41) is 0. The van der Waals surface area contributed by atoms with Gasteiger partial charge in [0.1, 0.15) is 0 Å². The van der Waals surface area contributed by atoms with Crippen molar-refractivity contribution >= 4 is 6.21 Å². The highest BCUT2D eigenvalue weighted by Crippen LogP contribution is 1.72. The molecule has 8 heavy (non-hydrogen) atoms. The number of nitrogens with zero attached hydrogens (tertiary/aromatic N) is 1. The zero-order valence-corrected chi connectivity index (χ0v) is 4.54. The Kier molecular flexibility index (Phi) is 3.31. The van der Waals surface area contributed by atoms with Crippen molar-refractivity contribution in [3.63, 3.8) is 0 Å². The first-order valence-electron chi connectivity index (χ1n) is 2.12. The average Bonchev–Trinajstić information content (AvgIpc) is 1.83. The van der Waals surface area contributed by atoms with Gasteiger partial charge in [0.2, 0.25) is 0 Å². The quantitative estimate of drug-likeness (QED) is 0.491. The molecule has 0 bridgehead atoms. The van der Waals surface area contributed by atoms with Crippen molar-refractivity contribution in [2.24, 2.45) is 16.5 Å². The average molecular weight is 111 g/mol. The zero-order chi connectivity index (χ0) is 6.41. The Morgan fingerprint density at radius 2 is 2.25 bits per heavy atom. The van der Waals surface area contributed by atoms with Crippen LogP contribution in [0.3, 0.4) is 0 Å². The number of allylic oxidation sites excluding steroid dienone is 1. The van der Waals surface area contributed by atoms with Crippen molar-refractivity contribution < 1.29 is 0 Å². The van der Waals surface area contributed by atoms with E-state index >= 15 is 0 Å². The zero-order valence-electron chi connectivity index (χ0n) is 4.54. The molecule has 0 amide bonds. The van der Waals surface area contributed by atoms with Gasteiger partial charge in [0.05, 0.1) is 11.9 Å². The molecule has 0 aliphatic heterocycles. The Labute approximate surface area is 48.4 Å². The highest BCUT2D eigenvalue weighted by atomic mass is 14.7. The van der Waals surface area contributed by atoms with Crippen LogP contribution in [-0.2, 0) is 0 Å². The van der Waals surface area contributed by atoms with Crippen LogP contribution in [0.15, 0.2) is 29.7 Å². The Morgan fingerprint density at radius 1 is 1.62 bits per heavy atom. The normalized spacial score (nSPS) is 12.2. The SMILES string of the molecule is C=CN=C/C(N)=C\N. The summed E-state index contributed by atoms with van der Waals surface area (Å²) in [6.45, 7) is 3.35. The fourth-order valence-electron chi connectivity index (χ4n) is 0.182. The van der Waals surface area contributed by atoms with Gasteiger partial charge < -0.3 is 11.5 Å². The molecule has 3 heteroatoms. The first-order chi connectivity index (χ1) is 3.81. The first kappa shape index (κ1) is 6.75. The van der Waals surface area contributed by atoms with Gasteiger partial charge in [0, 0.05) is 12.4 Å². The van der Waals surface area contributed by atoms with E-state index in [9.17, 15) is 0 Å². The Bertz CT molecular complexity index is 124. The molecular formula is C5H9N3. The van der Waals surface area contributed by atoms with E-state index in [1.165, 1.54) is 18.6 Å². The fraction of sp³-hybridized carbons (Fsp3) is 0. The Balaban J connectivity index is 3.69. The smallest absolute Gasteiger partial charge is 0.0657 e.